The number of thioether (sulfide) groups is 4. The number of nitrogens with one attached hydrogen (secondary N) is 4. The Morgan fingerprint density at radius 1 is 0.421 bits per heavy atom. The van der Waals surface area contributed by atoms with Crippen LogP contribution in [-0.2, 0) is 145 Å². The van der Waals surface area contributed by atoms with Crippen LogP contribution in [0.15, 0.2) is 130 Å². The molecule has 4 aromatic carbocycles. The SMILES string of the molecule is C=CCC(=O)SCCOP(=O)(COCCn1cnc2c(=O)[nH]c(N)nc21)OCc1ccc(C)c(F)c1.CCC(=O)SCCOP(=O)(COCCn1cnc2c(=O)[nH]c(N)nc21)OCc1ccc(C)c(F)c1.Cc1ccc(COP(=O)(COCCn2cnc3c(=O)[nH]c(N)nc32)OCCSC(=O)C(C)(C)C)cc1F.Cc1ccc(COP(=O)(COCCn2cnc3c(=O)[nH]c(N)nc32)OCCSC(=O)C2CCC2)cc1F. The number of fused-ring (bicyclic) bond motifs is 4. The van der Waals surface area contributed by atoms with Gasteiger partial charge in [0, 0.05) is 73.4 Å². The number of anilines is 4. The van der Waals surface area contributed by atoms with Gasteiger partial charge < -0.3 is 96.3 Å². The highest BCUT2D eigenvalue weighted by molar-refractivity contribution is 8.14. The number of aromatic amines is 4. The van der Waals surface area contributed by atoms with Crippen LogP contribution in [0.4, 0.5) is 41.4 Å². The van der Waals surface area contributed by atoms with Crippen LogP contribution in [-0.4, -0.2) is 200 Å². The molecule has 4 atom stereocenters. The maximum atomic E-state index is 13.9. The maximum Gasteiger partial charge on any atom is 0.356 e. The molecule has 786 valence electrons. The molecule has 0 saturated heterocycles. The zero-order valence-electron chi connectivity index (χ0n) is 80.5. The van der Waals surface area contributed by atoms with Gasteiger partial charge >= 0.3 is 30.4 Å². The molecular weight excluding hydrogens is 2060 g/mol. The number of benzene rings is 4. The van der Waals surface area contributed by atoms with E-state index in [0.717, 1.165) is 66.3 Å². The van der Waals surface area contributed by atoms with Gasteiger partial charge in [0.15, 0.2) is 65.1 Å². The van der Waals surface area contributed by atoms with Crippen molar-refractivity contribution < 1.29 is 110 Å². The van der Waals surface area contributed by atoms with Gasteiger partial charge in [0.2, 0.25) is 23.8 Å². The van der Waals surface area contributed by atoms with Gasteiger partial charge in [-0.1, -0.05) is 136 Å². The smallest absolute Gasteiger partial charge is 0.356 e. The number of nitrogens with zero attached hydrogens (tertiary/aromatic N) is 12. The molecule has 0 aliphatic heterocycles. The van der Waals surface area contributed by atoms with E-state index in [1.807, 2.05) is 20.8 Å². The lowest BCUT2D eigenvalue weighted by atomic mass is 9.87. The molecule has 13 rings (SSSR count). The van der Waals surface area contributed by atoms with E-state index in [1.54, 1.807) is 101 Å². The van der Waals surface area contributed by atoms with Gasteiger partial charge in [-0.15, -0.1) is 6.58 Å². The van der Waals surface area contributed by atoms with E-state index in [9.17, 15) is 74.2 Å². The number of allylic oxidation sites excluding steroid dienone is 1. The number of nitrogens with two attached hydrogens (primary N) is 4. The van der Waals surface area contributed by atoms with Gasteiger partial charge in [0.05, 0.1) is 105 Å². The fraction of sp³-hybridized carbons (Fsp3) is 0.438. The van der Waals surface area contributed by atoms with Crippen molar-refractivity contribution in [2.75, 3.05) is 124 Å². The summed E-state index contributed by atoms with van der Waals surface area (Å²) in [7, 11) is -15.0. The minimum atomic E-state index is -3.77. The van der Waals surface area contributed by atoms with E-state index in [1.165, 1.54) is 55.7 Å². The number of hydrogen-bond donors (Lipinski definition) is 8. The molecule has 8 heterocycles. The Morgan fingerprint density at radius 2 is 0.690 bits per heavy atom. The van der Waals surface area contributed by atoms with Crippen LogP contribution in [0.1, 0.15) is 104 Å². The van der Waals surface area contributed by atoms with E-state index in [0.29, 0.717) is 79.4 Å². The molecule has 56 heteroatoms. The highest BCUT2D eigenvalue weighted by Crippen LogP contribution is 2.53. The summed E-state index contributed by atoms with van der Waals surface area (Å²) in [5, 5.41) is 0.0178. The second-order valence-electron chi connectivity index (χ2n) is 33.1. The fourth-order valence-corrected chi connectivity index (χ4v) is 21.0. The first-order valence-corrected chi connectivity index (χ1v) is 55.8. The topological polar surface area (TPSA) is 606 Å². The third-order valence-electron chi connectivity index (χ3n) is 20.7. The first kappa shape index (κ1) is 116. The van der Waals surface area contributed by atoms with Gasteiger partial charge in [0.1, 0.15) is 48.7 Å². The Bertz CT molecular complexity index is 6950. The summed E-state index contributed by atoms with van der Waals surface area (Å²) in [6.45, 7) is 18.0. The lowest BCUT2D eigenvalue weighted by Crippen LogP contribution is -2.20. The summed E-state index contributed by atoms with van der Waals surface area (Å²) in [5.41, 5.74) is 25.7. The molecule has 1 aliphatic carbocycles. The largest absolute Gasteiger partial charge is 0.369 e. The quantitative estimate of drug-likeness (QED) is 0.00759. The first-order chi connectivity index (χ1) is 69.0. The van der Waals surface area contributed by atoms with E-state index in [-0.39, 0.29) is 232 Å². The molecule has 1 saturated carbocycles. The van der Waals surface area contributed by atoms with E-state index in [4.69, 9.17) is 78.1 Å². The molecule has 8 aromatic heterocycles. The van der Waals surface area contributed by atoms with Crippen molar-refractivity contribution in [3.63, 3.8) is 0 Å². The van der Waals surface area contributed by atoms with Crippen molar-refractivity contribution in [2.24, 2.45) is 11.3 Å². The third-order valence-corrected chi connectivity index (χ3v) is 31.1. The normalized spacial score (nSPS) is 13.9. The highest BCUT2D eigenvalue weighted by Gasteiger charge is 2.33. The number of ether oxygens (including phenoxy) is 4. The van der Waals surface area contributed by atoms with Gasteiger partial charge in [0.25, 0.3) is 22.2 Å². The number of nitrogen functional groups attached to an aromatic ring is 4. The van der Waals surface area contributed by atoms with Crippen LogP contribution in [0, 0.1) is 62.3 Å². The molecule has 0 bridgehead atoms. The van der Waals surface area contributed by atoms with Gasteiger partial charge in [-0.05, 0) is 109 Å². The number of H-pyrrole nitrogens is 4. The number of hydrogen-bond acceptors (Lipinski definition) is 40. The minimum absolute atomic E-state index is 0.00336. The number of aromatic nitrogens is 16. The monoisotopic (exact) mass is 2170 g/mol. The Morgan fingerprint density at radius 3 is 0.938 bits per heavy atom. The Hall–Kier alpha value is -10.5. The Kier molecular flexibility index (Phi) is 45.0. The maximum absolute atomic E-state index is 13.9. The molecule has 44 nitrogen and oxygen atoms in total. The van der Waals surface area contributed by atoms with Gasteiger partial charge in [-0.25, -0.2) is 37.5 Å². The summed E-state index contributed by atoms with van der Waals surface area (Å²) < 4.78 is 182. The Balaban J connectivity index is 0.000000198. The van der Waals surface area contributed by atoms with Crippen LogP contribution in [0.3, 0.4) is 0 Å². The van der Waals surface area contributed by atoms with Crippen molar-refractivity contribution >= 4 is 166 Å². The van der Waals surface area contributed by atoms with Crippen molar-refractivity contribution in [1.29, 1.82) is 0 Å². The molecule has 145 heavy (non-hydrogen) atoms. The summed E-state index contributed by atoms with van der Waals surface area (Å²) in [4.78, 5) is 137. The average Bonchev–Trinajstić information content (AvgIpc) is 1.67. The van der Waals surface area contributed by atoms with Gasteiger partial charge in [-0.2, -0.15) is 19.9 Å². The van der Waals surface area contributed by atoms with E-state index >= 15 is 0 Å². The Labute approximate surface area is 845 Å². The molecule has 1 aliphatic rings. The van der Waals surface area contributed by atoms with Crippen molar-refractivity contribution in [3.05, 3.63) is 220 Å². The molecular formula is C89H114F4N20O24P4S4. The molecule has 12 aromatic rings. The minimum Gasteiger partial charge on any atom is -0.369 e. The summed E-state index contributed by atoms with van der Waals surface area (Å²) >= 11 is 4.36. The lowest BCUT2D eigenvalue weighted by Gasteiger charge is -2.23. The van der Waals surface area contributed by atoms with Crippen molar-refractivity contribution in [3.8, 4) is 0 Å². The molecule has 12 N–H and O–H groups in total. The van der Waals surface area contributed by atoms with Crippen LogP contribution < -0.4 is 45.2 Å². The second-order valence-corrected chi connectivity index (χ2v) is 45.5. The van der Waals surface area contributed by atoms with E-state index < -0.39 is 75.5 Å². The zero-order valence-corrected chi connectivity index (χ0v) is 87.4. The second kappa shape index (κ2) is 56.0. The van der Waals surface area contributed by atoms with Crippen LogP contribution in [0.5, 0.6) is 0 Å². The van der Waals surface area contributed by atoms with Crippen molar-refractivity contribution in [1.82, 2.24) is 78.1 Å². The number of rotatable bonds is 52. The molecule has 4 unspecified atom stereocenters. The fourth-order valence-electron chi connectivity index (χ4n) is 12.5. The van der Waals surface area contributed by atoms with Crippen LogP contribution in [0.2, 0.25) is 0 Å². The average molecular weight is 2180 g/mol. The molecule has 1 fully saturated rings. The van der Waals surface area contributed by atoms with Crippen molar-refractivity contribution in [2.45, 2.75) is 140 Å². The number of imidazole rings is 4. The number of aryl methyl sites for hydroxylation is 4. The number of halogens is 4. The predicted molar refractivity (Wildman–Crippen MR) is 543 cm³/mol. The van der Waals surface area contributed by atoms with Crippen LogP contribution >= 0.6 is 77.4 Å². The lowest BCUT2D eigenvalue weighted by molar-refractivity contribution is -0.117. The molecule has 0 radical (unpaired) electrons. The van der Waals surface area contributed by atoms with Gasteiger partial charge in [-0.3, -0.25) is 76.6 Å². The standard InChI is InChI=1S/C23H29FN5O6PS.C23H31FN5O6PS.C22H27FN5O6PS.C21H27FN5O6PS/c1-15-5-6-16(11-18(15)24)12-35-36(32,34-9-10-37-22(31)17-3-2-4-17)14-33-8-7-29-13-26-19-20(29)27-23(25)28-21(19)30;1-15-5-6-16(11-17(15)24)12-35-36(32,34-9-10-37-21(31)23(2,3)4)14-33-8-7-29-13-26-18-19(29)27-22(25)28-20(18)30;1-3-4-18(29)36-10-9-33-35(31,34-12-16-6-5-15(2)17(23)11-16)14-32-8-7-28-13-25-19-20(28)26-22(24)27-21(19)30;1-3-17(28)35-9-8-32-34(30,33-11-15-5-4-14(2)16(22)10-15)13-31-7-6-27-12-24-18-19(27)25-21(23)26-20(18)29/h5-6,11,13,17H,2-4,7-10,12,14H2,1H3,(H3,25,27,28,30);5-6,11,13H,7-10,12,14H2,1-4H3,(H3,25,27,28,30);3,5-6,11,13H,1,4,7-10,12,14H2,2H3,(H3,24,26,27,30);4-5,10,12H,3,6-9,11,13H2,1-2H3,(H3,23,25,26,29). The zero-order chi connectivity index (χ0) is 105. The molecule has 0 spiro atoms. The third kappa shape index (κ3) is 36.8. The first-order valence-electron chi connectivity index (χ1n) is 44.9. The predicted octanol–water partition coefficient (Wildman–Crippen LogP) is 14.1. The highest BCUT2D eigenvalue weighted by atomic mass is 32.2. The van der Waals surface area contributed by atoms with E-state index in [2.05, 4.69) is 66.4 Å². The number of carbonyl (C=O) groups excluding carboxylic acids is 4. The molecule has 0 amide bonds. The summed E-state index contributed by atoms with van der Waals surface area (Å²) in [6, 6.07) is 18.3. The number of carbonyl (C=O) groups is 4. The summed E-state index contributed by atoms with van der Waals surface area (Å²) in [5.74, 6) is -0.442. The summed E-state index contributed by atoms with van der Waals surface area (Å²) in [6.07, 6.45) is 9.25. The van der Waals surface area contributed by atoms with Crippen LogP contribution in [0.25, 0.3) is 44.7 Å².